The Morgan fingerprint density at radius 3 is 2.44 bits per heavy atom. The first-order valence-electron chi connectivity index (χ1n) is 5.61. The van der Waals surface area contributed by atoms with Gasteiger partial charge >= 0.3 is 5.97 Å². The molecule has 1 aromatic rings. The number of hydrogen-bond acceptors (Lipinski definition) is 2. The predicted molar refractivity (Wildman–Crippen MR) is 65.5 cm³/mol. The lowest BCUT2D eigenvalue weighted by atomic mass is 10.1. The molecule has 0 heterocycles. The van der Waals surface area contributed by atoms with Crippen LogP contribution in [-0.2, 0) is 11.2 Å². The molecule has 0 N–H and O–H groups in total. The van der Waals surface area contributed by atoms with Crippen LogP contribution in [0.25, 0.3) is 0 Å². The van der Waals surface area contributed by atoms with Gasteiger partial charge in [-0.2, -0.15) is 0 Å². The van der Waals surface area contributed by atoms with Crippen LogP contribution < -0.4 is 4.74 Å². The third-order valence-corrected chi connectivity index (χ3v) is 2.43. The van der Waals surface area contributed by atoms with Crippen molar-refractivity contribution in [2.24, 2.45) is 0 Å². The Bertz CT molecular complexity index is 374. The number of benzene rings is 1. The van der Waals surface area contributed by atoms with E-state index in [0.29, 0.717) is 11.3 Å². The molecule has 1 rings (SSSR count). The summed E-state index contributed by atoms with van der Waals surface area (Å²) in [5.41, 5.74) is 1.89. The highest BCUT2D eigenvalue weighted by atomic mass is 16.5. The molecule has 86 valence electrons. The highest BCUT2D eigenvalue weighted by molar-refractivity contribution is 5.89. The van der Waals surface area contributed by atoms with E-state index in [0.717, 1.165) is 12.8 Å². The topological polar surface area (TPSA) is 26.3 Å². The summed E-state index contributed by atoms with van der Waals surface area (Å²) in [6.07, 6.45) is 3.92. The predicted octanol–water partition coefficient (Wildman–Crippen LogP) is 3.51. The van der Waals surface area contributed by atoms with E-state index >= 15 is 0 Å². The maximum absolute atomic E-state index is 11.5. The summed E-state index contributed by atoms with van der Waals surface area (Å²) >= 11 is 0. The largest absolute Gasteiger partial charge is 0.423 e. The summed E-state index contributed by atoms with van der Waals surface area (Å²) in [6.45, 7) is 5.71. The van der Waals surface area contributed by atoms with E-state index in [9.17, 15) is 4.79 Å². The first-order valence-corrected chi connectivity index (χ1v) is 5.61. The van der Waals surface area contributed by atoms with Crippen LogP contribution in [0.2, 0.25) is 0 Å². The summed E-state index contributed by atoms with van der Waals surface area (Å²) in [6, 6.07) is 7.67. The van der Waals surface area contributed by atoms with Crippen molar-refractivity contribution < 1.29 is 9.53 Å². The van der Waals surface area contributed by atoms with E-state index in [2.05, 4.69) is 6.92 Å². The smallest absolute Gasteiger partial charge is 0.338 e. The average molecular weight is 218 g/mol. The summed E-state index contributed by atoms with van der Waals surface area (Å²) < 4.78 is 5.19. The minimum atomic E-state index is -0.286. The zero-order valence-electron chi connectivity index (χ0n) is 10.1. The van der Waals surface area contributed by atoms with Crippen molar-refractivity contribution >= 4 is 5.97 Å². The molecule has 16 heavy (non-hydrogen) atoms. The van der Waals surface area contributed by atoms with Crippen molar-refractivity contribution in [3.05, 3.63) is 41.5 Å². The van der Waals surface area contributed by atoms with Gasteiger partial charge in [0.05, 0.1) is 0 Å². The quantitative estimate of drug-likeness (QED) is 0.439. The third kappa shape index (κ3) is 3.54. The zero-order valence-corrected chi connectivity index (χ0v) is 10.1. The number of hydrogen-bond donors (Lipinski definition) is 0. The van der Waals surface area contributed by atoms with Gasteiger partial charge < -0.3 is 4.74 Å². The van der Waals surface area contributed by atoms with Gasteiger partial charge in [-0.05, 0) is 38.0 Å². The molecular formula is C14H18O2. The van der Waals surface area contributed by atoms with Crippen molar-refractivity contribution in [3.63, 3.8) is 0 Å². The normalized spacial score (nSPS) is 11.3. The van der Waals surface area contributed by atoms with Crippen LogP contribution in [-0.4, -0.2) is 5.97 Å². The van der Waals surface area contributed by atoms with Crippen LogP contribution in [0.4, 0.5) is 0 Å². The fourth-order valence-electron chi connectivity index (χ4n) is 1.32. The molecule has 2 heteroatoms. The standard InChI is InChI=1S/C14H18O2/c1-4-6-12-7-9-13(10-8-12)16-14(15)11(3)5-2/h5,7-10H,4,6H2,1-3H3. The first-order chi connectivity index (χ1) is 7.67. The fourth-order valence-corrected chi connectivity index (χ4v) is 1.32. The highest BCUT2D eigenvalue weighted by Crippen LogP contribution is 2.14. The van der Waals surface area contributed by atoms with Gasteiger partial charge in [0.1, 0.15) is 5.75 Å². The third-order valence-electron chi connectivity index (χ3n) is 2.43. The molecule has 0 aliphatic carbocycles. The van der Waals surface area contributed by atoms with E-state index in [-0.39, 0.29) is 5.97 Å². The van der Waals surface area contributed by atoms with Gasteiger partial charge in [-0.15, -0.1) is 0 Å². The van der Waals surface area contributed by atoms with Gasteiger partial charge in [0, 0.05) is 5.57 Å². The SMILES string of the molecule is CC=C(C)C(=O)Oc1ccc(CCC)cc1. The average Bonchev–Trinajstić information content (AvgIpc) is 2.31. The van der Waals surface area contributed by atoms with Gasteiger partial charge in [0.25, 0.3) is 0 Å². The Morgan fingerprint density at radius 1 is 1.31 bits per heavy atom. The summed E-state index contributed by atoms with van der Waals surface area (Å²) in [5.74, 6) is 0.316. The van der Waals surface area contributed by atoms with Crippen molar-refractivity contribution in [2.45, 2.75) is 33.6 Å². The van der Waals surface area contributed by atoms with Crippen LogP contribution >= 0.6 is 0 Å². The van der Waals surface area contributed by atoms with Crippen LogP contribution in [0.5, 0.6) is 5.75 Å². The lowest BCUT2D eigenvalue weighted by Gasteiger charge is -2.05. The van der Waals surface area contributed by atoms with Crippen LogP contribution in [0, 0.1) is 0 Å². The second-order valence-electron chi connectivity index (χ2n) is 3.76. The molecule has 0 atom stereocenters. The van der Waals surface area contributed by atoms with E-state index in [1.165, 1.54) is 5.56 Å². The van der Waals surface area contributed by atoms with Crippen molar-refractivity contribution in [1.82, 2.24) is 0 Å². The minimum absolute atomic E-state index is 0.286. The Kier molecular flexibility index (Phi) is 4.77. The molecule has 0 bridgehead atoms. The van der Waals surface area contributed by atoms with E-state index in [4.69, 9.17) is 4.74 Å². The van der Waals surface area contributed by atoms with Gasteiger partial charge in [-0.25, -0.2) is 4.79 Å². The fraction of sp³-hybridized carbons (Fsp3) is 0.357. The number of allylic oxidation sites excluding steroid dienone is 1. The molecule has 0 aromatic heterocycles. The maximum Gasteiger partial charge on any atom is 0.338 e. The Hall–Kier alpha value is -1.57. The minimum Gasteiger partial charge on any atom is -0.423 e. The number of rotatable bonds is 4. The Labute approximate surface area is 96.9 Å². The molecule has 0 aliphatic heterocycles. The van der Waals surface area contributed by atoms with Crippen molar-refractivity contribution in [2.75, 3.05) is 0 Å². The van der Waals surface area contributed by atoms with Gasteiger partial charge in [-0.1, -0.05) is 31.6 Å². The molecule has 0 radical (unpaired) electrons. The lowest BCUT2D eigenvalue weighted by Crippen LogP contribution is -2.08. The Balaban J connectivity index is 2.65. The molecular weight excluding hydrogens is 200 g/mol. The van der Waals surface area contributed by atoms with Crippen LogP contribution in [0.3, 0.4) is 0 Å². The highest BCUT2D eigenvalue weighted by Gasteiger charge is 2.05. The monoisotopic (exact) mass is 218 g/mol. The zero-order chi connectivity index (χ0) is 12.0. The van der Waals surface area contributed by atoms with Crippen molar-refractivity contribution in [3.8, 4) is 5.75 Å². The van der Waals surface area contributed by atoms with E-state index in [1.807, 2.05) is 31.2 Å². The second kappa shape index (κ2) is 6.11. The van der Waals surface area contributed by atoms with E-state index < -0.39 is 0 Å². The van der Waals surface area contributed by atoms with Crippen LogP contribution in [0.15, 0.2) is 35.9 Å². The maximum atomic E-state index is 11.5. The van der Waals surface area contributed by atoms with Gasteiger partial charge in [-0.3, -0.25) is 0 Å². The van der Waals surface area contributed by atoms with Gasteiger partial charge in [0.15, 0.2) is 0 Å². The molecule has 0 aliphatic rings. The molecule has 0 unspecified atom stereocenters. The van der Waals surface area contributed by atoms with E-state index in [1.54, 1.807) is 13.0 Å². The molecule has 0 saturated carbocycles. The lowest BCUT2D eigenvalue weighted by molar-refractivity contribution is -0.130. The van der Waals surface area contributed by atoms with Crippen LogP contribution in [0.1, 0.15) is 32.8 Å². The number of esters is 1. The number of ether oxygens (including phenoxy) is 1. The Morgan fingerprint density at radius 2 is 1.94 bits per heavy atom. The summed E-state index contributed by atoms with van der Waals surface area (Å²) in [5, 5.41) is 0. The molecule has 0 fully saturated rings. The second-order valence-corrected chi connectivity index (χ2v) is 3.76. The number of carbonyl (C=O) groups is 1. The molecule has 0 spiro atoms. The number of aryl methyl sites for hydroxylation is 1. The van der Waals surface area contributed by atoms with Crippen molar-refractivity contribution in [1.29, 1.82) is 0 Å². The molecule has 1 aromatic carbocycles. The molecule has 0 saturated heterocycles. The number of carbonyl (C=O) groups excluding carboxylic acids is 1. The summed E-state index contributed by atoms with van der Waals surface area (Å²) in [7, 11) is 0. The molecule has 0 amide bonds. The molecule has 2 nitrogen and oxygen atoms in total. The summed E-state index contributed by atoms with van der Waals surface area (Å²) in [4.78, 5) is 11.5. The first kappa shape index (κ1) is 12.5. The van der Waals surface area contributed by atoms with Gasteiger partial charge in [0.2, 0.25) is 0 Å².